The zero-order valence-electron chi connectivity index (χ0n) is 8.43. The highest BCUT2D eigenvalue weighted by Crippen LogP contribution is 2.18. The Kier molecular flexibility index (Phi) is 2.87. The number of rotatable bonds is 3. The van der Waals surface area contributed by atoms with E-state index in [1.54, 1.807) is 6.20 Å². The number of nitrogens with one attached hydrogen (secondary N) is 2. The van der Waals surface area contributed by atoms with Gasteiger partial charge in [-0.25, -0.2) is 0 Å². The van der Waals surface area contributed by atoms with Gasteiger partial charge >= 0.3 is 6.18 Å². The molecule has 0 saturated carbocycles. The lowest BCUT2D eigenvalue weighted by Gasteiger charge is -2.08. The zero-order valence-corrected chi connectivity index (χ0v) is 8.43. The van der Waals surface area contributed by atoms with Crippen LogP contribution in [0.2, 0.25) is 0 Å². The summed E-state index contributed by atoms with van der Waals surface area (Å²) in [5.74, 6) is 0. The van der Waals surface area contributed by atoms with E-state index < -0.39 is 12.7 Å². The van der Waals surface area contributed by atoms with Crippen molar-refractivity contribution in [2.75, 3.05) is 6.54 Å². The Morgan fingerprint density at radius 1 is 1.19 bits per heavy atom. The first-order chi connectivity index (χ1) is 7.56. The van der Waals surface area contributed by atoms with Gasteiger partial charge in [0.25, 0.3) is 0 Å². The third-order valence-electron chi connectivity index (χ3n) is 2.33. The predicted molar refractivity (Wildman–Crippen MR) is 56.1 cm³/mol. The Balaban J connectivity index is 2.07. The Morgan fingerprint density at radius 2 is 2.00 bits per heavy atom. The second kappa shape index (κ2) is 4.17. The van der Waals surface area contributed by atoms with Crippen LogP contribution in [-0.4, -0.2) is 17.7 Å². The minimum atomic E-state index is -4.16. The first-order valence-electron chi connectivity index (χ1n) is 4.89. The number of halogens is 3. The summed E-state index contributed by atoms with van der Waals surface area (Å²) in [6.45, 7) is -0.748. The van der Waals surface area contributed by atoms with Gasteiger partial charge in [0.2, 0.25) is 0 Å². The molecule has 2 nitrogen and oxygen atoms in total. The number of fused-ring (bicyclic) bond motifs is 1. The van der Waals surface area contributed by atoms with E-state index in [1.807, 2.05) is 24.3 Å². The maximum atomic E-state index is 11.9. The van der Waals surface area contributed by atoms with Crippen molar-refractivity contribution in [3.63, 3.8) is 0 Å². The molecule has 0 radical (unpaired) electrons. The van der Waals surface area contributed by atoms with Crippen LogP contribution < -0.4 is 5.32 Å². The van der Waals surface area contributed by atoms with Crippen LogP contribution in [0.4, 0.5) is 13.2 Å². The molecule has 0 saturated heterocycles. The Hall–Kier alpha value is -1.49. The third-order valence-corrected chi connectivity index (χ3v) is 2.33. The molecular weight excluding hydrogens is 217 g/mol. The van der Waals surface area contributed by atoms with Crippen LogP contribution in [0.1, 0.15) is 5.56 Å². The fraction of sp³-hybridized carbons (Fsp3) is 0.273. The van der Waals surface area contributed by atoms with Gasteiger partial charge in [0, 0.05) is 23.6 Å². The van der Waals surface area contributed by atoms with Crippen molar-refractivity contribution < 1.29 is 13.2 Å². The number of hydrogen-bond acceptors (Lipinski definition) is 1. The summed E-state index contributed by atoms with van der Waals surface area (Å²) in [6.07, 6.45) is -2.38. The van der Waals surface area contributed by atoms with Crippen LogP contribution in [-0.2, 0) is 6.54 Å². The monoisotopic (exact) mass is 228 g/mol. The molecule has 0 spiro atoms. The molecule has 0 aliphatic rings. The second-order valence-electron chi connectivity index (χ2n) is 3.57. The maximum absolute atomic E-state index is 11.9. The SMILES string of the molecule is FC(F)(F)CNCc1cccc2[nH]ccc12. The van der Waals surface area contributed by atoms with Crippen LogP contribution in [0.25, 0.3) is 10.9 Å². The van der Waals surface area contributed by atoms with E-state index in [1.165, 1.54) is 0 Å². The van der Waals surface area contributed by atoms with E-state index in [0.717, 1.165) is 16.5 Å². The number of alkyl halides is 3. The molecule has 0 amide bonds. The van der Waals surface area contributed by atoms with Gasteiger partial charge in [-0.1, -0.05) is 12.1 Å². The van der Waals surface area contributed by atoms with Gasteiger partial charge in [-0.3, -0.25) is 0 Å². The van der Waals surface area contributed by atoms with Gasteiger partial charge in [0.1, 0.15) is 0 Å². The molecule has 1 aromatic heterocycles. The van der Waals surface area contributed by atoms with E-state index in [0.29, 0.717) is 0 Å². The van der Waals surface area contributed by atoms with Crippen LogP contribution in [0.15, 0.2) is 30.5 Å². The third kappa shape index (κ3) is 2.55. The smallest absolute Gasteiger partial charge is 0.361 e. The highest BCUT2D eigenvalue weighted by Gasteiger charge is 2.26. The normalized spacial score (nSPS) is 12.2. The van der Waals surface area contributed by atoms with Crippen molar-refractivity contribution in [1.29, 1.82) is 0 Å². The Bertz CT molecular complexity index is 473. The molecule has 2 rings (SSSR count). The quantitative estimate of drug-likeness (QED) is 0.830. The molecule has 86 valence electrons. The van der Waals surface area contributed by atoms with Crippen LogP contribution in [0.3, 0.4) is 0 Å². The molecule has 1 heterocycles. The van der Waals surface area contributed by atoms with Gasteiger partial charge < -0.3 is 10.3 Å². The van der Waals surface area contributed by atoms with Gasteiger partial charge in [0.05, 0.1) is 6.54 Å². The van der Waals surface area contributed by atoms with E-state index in [2.05, 4.69) is 10.3 Å². The molecular formula is C11H11F3N2. The lowest BCUT2D eigenvalue weighted by atomic mass is 10.1. The maximum Gasteiger partial charge on any atom is 0.401 e. The molecule has 1 aromatic carbocycles. The van der Waals surface area contributed by atoms with Crippen LogP contribution >= 0.6 is 0 Å². The molecule has 0 bridgehead atoms. The van der Waals surface area contributed by atoms with Crippen LogP contribution in [0, 0.1) is 0 Å². The standard InChI is InChI=1S/C11H11F3N2/c12-11(13,14)7-15-6-8-2-1-3-10-9(8)4-5-16-10/h1-5,15-16H,6-7H2. The lowest BCUT2D eigenvalue weighted by molar-refractivity contribution is -0.125. The number of benzene rings is 1. The Labute approximate surface area is 90.5 Å². The number of H-pyrrole nitrogens is 1. The zero-order chi connectivity index (χ0) is 11.6. The van der Waals surface area contributed by atoms with Crippen molar-refractivity contribution in [1.82, 2.24) is 10.3 Å². The summed E-state index contributed by atoms with van der Waals surface area (Å²) in [4.78, 5) is 3.02. The molecule has 2 N–H and O–H groups in total. The first kappa shape index (κ1) is 11.0. The minimum Gasteiger partial charge on any atom is -0.361 e. The van der Waals surface area contributed by atoms with Crippen LogP contribution in [0.5, 0.6) is 0 Å². The molecule has 2 aromatic rings. The summed E-state index contributed by atoms with van der Waals surface area (Å²) in [6, 6.07) is 7.39. The number of aromatic nitrogens is 1. The molecule has 0 aliphatic heterocycles. The Morgan fingerprint density at radius 3 is 2.75 bits per heavy atom. The van der Waals surface area contributed by atoms with Gasteiger partial charge in [-0.2, -0.15) is 13.2 Å². The van der Waals surface area contributed by atoms with Crippen molar-refractivity contribution in [2.24, 2.45) is 0 Å². The summed E-state index contributed by atoms with van der Waals surface area (Å²) in [5.41, 5.74) is 1.80. The minimum absolute atomic E-state index is 0.217. The van der Waals surface area contributed by atoms with Crippen molar-refractivity contribution in [2.45, 2.75) is 12.7 Å². The van der Waals surface area contributed by atoms with Gasteiger partial charge in [0.15, 0.2) is 0 Å². The molecule has 0 fully saturated rings. The fourth-order valence-corrected chi connectivity index (χ4v) is 1.64. The molecule has 16 heavy (non-hydrogen) atoms. The largest absolute Gasteiger partial charge is 0.401 e. The highest BCUT2D eigenvalue weighted by molar-refractivity contribution is 5.82. The number of aromatic amines is 1. The summed E-state index contributed by atoms with van der Waals surface area (Å²) in [5, 5.41) is 3.34. The summed E-state index contributed by atoms with van der Waals surface area (Å²) < 4.78 is 35.8. The highest BCUT2D eigenvalue weighted by atomic mass is 19.4. The van der Waals surface area contributed by atoms with Crippen molar-refractivity contribution in [3.8, 4) is 0 Å². The fourth-order valence-electron chi connectivity index (χ4n) is 1.64. The van der Waals surface area contributed by atoms with E-state index in [4.69, 9.17) is 0 Å². The lowest BCUT2D eigenvalue weighted by Crippen LogP contribution is -2.28. The molecule has 5 heteroatoms. The average Bonchev–Trinajstić information content (AvgIpc) is 2.64. The van der Waals surface area contributed by atoms with Gasteiger partial charge in [-0.15, -0.1) is 0 Å². The molecule has 0 aliphatic carbocycles. The van der Waals surface area contributed by atoms with Gasteiger partial charge in [-0.05, 0) is 17.7 Å². The van der Waals surface area contributed by atoms with E-state index in [-0.39, 0.29) is 6.54 Å². The second-order valence-corrected chi connectivity index (χ2v) is 3.57. The predicted octanol–water partition coefficient (Wildman–Crippen LogP) is 2.82. The average molecular weight is 228 g/mol. The topological polar surface area (TPSA) is 27.8 Å². The number of hydrogen-bond donors (Lipinski definition) is 2. The van der Waals surface area contributed by atoms with Crippen molar-refractivity contribution in [3.05, 3.63) is 36.0 Å². The molecule has 0 unspecified atom stereocenters. The summed E-state index contributed by atoms with van der Waals surface area (Å²) in [7, 11) is 0. The van der Waals surface area contributed by atoms with E-state index in [9.17, 15) is 13.2 Å². The first-order valence-corrected chi connectivity index (χ1v) is 4.89. The van der Waals surface area contributed by atoms with Crippen molar-refractivity contribution >= 4 is 10.9 Å². The molecule has 0 atom stereocenters. The summed E-state index contributed by atoms with van der Waals surface area (Å²) >= 11 is 0. The van der Waals surface area contributed by atoms with E-state index >= 15 is 0 Å².